The molecule has 0 amide bonds. The monoisotopic (exact) mass is 931 g/mol. The van der Waals surface area contributed by atoms with Crippen molar-refractivity contribution in [3.05, 3.63) is 193 Å². The standard InChI is InChI=1S/C53H42N3O.Pt/c1-35-22-24-37(25-23-35)39-28-29-54-47(33-39)42-31-40(36-14-7-5-8-15-36)30-41(32-42)44-19-13-20-49-51(44)55-52(45-18-11-12-21-50(45)57)56(49)48-27-26-43(53(2,3)4)34-46(48)38-16-9-6-10-17-38;/h5-31,33-34,57H,1-4H3;/q-1;. The summed E-state index contributed by atoms with van der Waals surface area (Å²) >= 11 is 0. The van der Waals surface area contributed by atoms with Crippen molar-refractivity contribution < 1.29 is 26.2 Å². The Morgan fingerprint density at radius 3 is 1.93 bits per heavy atom. The van der Waals surface area contributed by atoms with Crippen molar-refractivity contribution in [3.63, 3.8) is 0 Å². The minimum Gasteiger partial charge on any atom is -0.507 e. The van der Waals surface area contributed by atoms with Gasteiger partial charge in [0.05, 0.1) is 22.3 Å². The van der Waals surface area contributed by atoms with Crippen molar-refractivity contribution in [2.24, 2.45) is 0 Å². The third-order valence-electron chi connectivity index (χ3n) is 10.7. The van der Waals surface area contributed by atoms with E-state index in [4.69, 9.17) is 9.97 Å². The molecule has 0 bridgehead atoms. The van der Waals surface area contributed by atoms with Gasteiger partial charge in [-0.15, -0.1) is 23.8 Å². The number of hydrogen-bond donors (Lipinski definition) is 1. The van der Waals surface area contributed by atoms with Crippen LogP contribution in [0.2, 0.25) is 0 Å². The first-order valence-electron chi connectivity index (χ1n) is 19.4. The molecule has 0 fully saturated rings. The number of nitrogens with zero attached hydrogens (tertiary/aromatic N) is 3. The smallest absolute Gasteiger partial charge is 0.148 e. The second kappa shape index (κ2) is 15.9. The summed E-state index contributed by atoms with van der Waals surface area (Å²) in [6, 6.07) is 62.4. The number of pyridine rings is 1. The molecule has 0 spiro atoms. The quantitative estimate of drug-likeness (QED) is 0.162. The molecule has 0 aliphatic heterocycles. The summed E-state index contributed by atoms with van der Waals surface area (Å²) in [7, 11) is 0. The number of aryl methyl sites for hydroxylation is 1. The Morgan fingerprint density at radius 1 is 0.552 bits per heavy atom. The molecule has 0 unspecified atom stereocenters. The van der Waals surface area contributed by atoms with Crippen molar-refractivity contribution in [2.75, 3.05) is 0 Å². The number of hydrogen-bond acceptors (Lipinski definition) is 3. The van der Waals surface area contributed by atoms with E-state index in [2.05, 4.69) is 172 Å². The molecule has 2 aromatic heterocycles. The summed E-state index contributed by atoms with van der Waals surface area (Å²) in [4.78, 5) is 10.3. The first kappa shape index (κ1) is 38.5. The molecule has 0 aliphatic carbocycles. The molecule has 0 saturated carbocycles. The maximum Gasteiger partial charge on any atom is 0.148 e. The number of rotatable bonds is 7. The zero-order valence-electron chi connectivity index (χ0n) is 32.8. The van der Waals surface area contributed by atoms with Crippen molar-refractivity contribution >= 4 is 11.0 Å². The summed E-state index contributed by atoms with van der Waals surface area (Å²) in [6.07, 6.45) is 1.88. The molecule has 7 aromatic carbocycles. The Balaban J connectivity index is 0.00000469. The van der Waals surface area contributed by atoms with Crippen LogP contribution in [0, 0.1) is 13.0 Å². The zero-order valence-corrected chi connectivity index (χ0v) is 35.1. The number of phenolic OH excluding ortho intramolecular Hbond substituents is 1. The molecule has 9 aromatic rings. The van der Waals surface area contributed by atoms with Crippen LogP contribution in [0.15, 0.2) is 176 Å². The molecule has 0 atom stereocenters. The van der Waals surface area contributed by atoms with Crippen LogP contribution in [0.5, 0.6) is 5.75 Å². The van der Waals surface area contributed by atoms with Crippen LogP contribution in [0.4, 0.5) is 0 Å². The number of para-hydroxylation sites is 2. The molecule has 0 aliphatic rings. The summed E-state index contributed by atoms with van der Waals surface area (Å²) < 4.78 is 2.21. The summed E-state index contributed by atoms with van der Waals surface area (Å²) in [6.45, 7) is 8.83. The number of benzene rings is 7. The molecule has 1 N–H and O–H groups in total. The van der Waals surface area contributed by atoms with Gasteiger partial charge in [0.15, 0.2) is 0 Å². The summed E-state index contributed by atoms with van der Waals surface area (Å²) in [5, 5.41) is 11.4. The Morgan fingerprint density at radius 2 is 1.21 bits per heavy atom. The molecule has 2 heterocycles. The normalized spacial score (nSPS) is 11.4. The van der Waals surface area contributed by atoms with Crippen LogP contribution in [-0.4, -0.2) is 19.6 Å². The van der Waals surface area contributed by atoms with Gasteiger partial charge >= 0.3 is 0 Å². The van der Waals surface area contributed by atoms with E-state index in [0.717, 1.165) is 72.5 Å². The molecule has 58 heavy (non-hydrogen) atoms. The van der Waals surface area contributed by atoms with Crippen molar-refractivity contribution in [3.8, 4) is 78.6 Å². The Labute approximate surface area is 354 Å². The SMILES string of the molecule is Cc1ccc(-c2ccnc(-c3[c-]c(-c4cccc5c4nc(-c4ccccc4O)n5-c4ccc(C(C)(C)C)cc4-c4ccccc4)cc(-c4ccccc4)c3)c2)cc1.[Pt]. The minimum atomic E-state index is -0.0570. The average molecular weight is 932 g/mol. The van der Waals surface area contributed by atoms with Crippen LogP contribution in [0.3, 0.4) is 0 Å². The minimum absolute atomic E-state index is 0. The zero-order chi connectivity index (χ0) is 39.1. The van der Waals surface area contributed by atoms with E-state index in [0.29, 0.717) is 11.4 Å². The largest absolute Gasteiger partial charge is 0.507 e. The van der Waals surface area contributed by atoms with Crippen molar-refractivity contribution in [2.45, 2.75) is 33.1 Å². The van der Waals surface area contributed by atoms with Crippen molar-refractivity contribution in [1.29, 1.82) is 0 Å². The molecule has 5 heteroatoms. The van der Waals surface area contributed by atoms with Crippen LogP contribution in [0.25, 0.3) is 83.9 Å². The van der Waals surface area contributed by atoms with E-state index in [1.54, 1.807) is 6.07 Å². The Hall–Kier alpha value is -6.35. The first-order chi connectivity index (χ1) is 27.7. The van der Waals surface area contributed by atoms with Crippen LogP contribution in [0.1, 0.15) is 31.9 Å². The van der Waals surface area contributed by atoms with Crippen LogP contribution >= 0.6 is 0 Å². The van der Waals surface area contributed by atoms with Gasteiger partial charge in [-0.25, -0.2) is 4.98 Å². The number of fused-ring (bicyclic) bond motifs is 1. The molecular formula is C53H42N3OPt-. The van der Waals surface area contributed by atoms with Gasteiger partial charge in [-0.2, -0.15) is 0 Å². The molecule has 0 radical (unpaired) electrons. The first-order valence-corrected chi connectivity index (χ1v) is 19.4. The van der Waals surface area contributed by atoms with E-state index in [9.17, 15) is 5.11 Å². The van der Waals surface area contributed by atoms with E-state index >= 15 is 0 Å². The number of phenols is 1. The maximum atomic E-state index is 11.4. The van der Waals surface area contributed by atoms with E-state index < -0.39 is 0 Å². The van der Waals surface area contributed by atoms with E-state index in [1.165, 1.54) is 11.1 Å². The van der Waals surface area contributed by atoms with Crippen molar-refractivity contribution in [1.82, 2.24) is 14.5 Å². The topological polar surface area (TPSA) is 50.9 Å². The molecule has 0 saturated heterocycles. The molecule has 4 nitrogen and oxygen atoms in total. The Kier molecular flexibility index (Phi) is 10.6. The summed E-state index contributed by atoms with van der Waals surface area (Å²) in [5.41, 5.74) is 15.9. The molecular weight excluding hydrogens is 890 g/mol. The second-order valence-electron chi connectivity index (χ2n) is 15.7. The average Bonchev–Trinajstić information content (AvgIpc) is 3.63. The van der Waals surface area contributed by atoms with Gasteiger partial charge in [0.2, 0.25) is 0 Å². The number of aromatic hydroxyl groups is 1. The van der Waals surface area contributed by atoms with E-state index in [-0.39, 0.29) is 32.2 Å². The number of aromatic nitrogens is 3. The van der Waals surface area contributed by atoms with Gasteiger partial charge in [0, 0.05) is 38.5 Å². The predicted octanol–water partition coefficient (Wildman–Crippen LogP) is 13.5. The number of imidazole rings is 1. The summed E-state index contributed by atoms with van der Waals surface area (Å²) in [5.74, 6) is 0.825. The third kappa shape index (κ3) is 7.44. The van der Waals surface area contributed by atoms with Gasteiger partial charge < -0.3 is 5.11 Å². The fraction of sp³-hybridized carbons (Fsp3) is 0.0943. The van der Waals surface area contributed by atoms with E-state index in [1.807, 2.05) is 36.5 Å². The Bertz CT molecular complexity index is 2890. The van der Waals surface area contributed by atoms with Gasteiger partial charge in [0.25, 0.3) is 0 Å². The fourth-order valence-electron chi connectivity index (χ4n) is 7.60. The predicted molar refractivity (Wildman–Crippen MR) is 235 cm³/mol. The second-order valence-corrected chi connectivity index (χ2v) is 15.7. The van der Waals surface area contributed by atoms with Gasteiger partial charge in [0.1, 0.15) is 11.6 Å². The van der Waals surface area contributed by atoms with Gasteiger partial charge in [-0.3, -0.25) is 9.55 Å². The van der Waals surface area contributed by atoms with Crippen LogP contribution < -0.4 is 0 Å². The molecule has 9 rings (SSSR count). The fourth-order valence-corrected chi connectivity index (χ4v) is 7.60. The van der Waals surface area contributed by atoms with Gasteiger partial charge in [-0.1, -0.05) is 164 Å². The third-order valence-corrected chi connectivity index (χ3v) is 10.7. The molecule has 286 valence electrons. The van der Waals surface area contributed by atoms with Crippen LogP contribution in [-0.2, 0) is 26.5 Å². The maximum absolute atomic E-state index is 11.4. The van der Waals surface area contributed by atoms with Gasteiger partial charge in [-0.05, 0) is 76.6 Å².